The van der Waals surface area contributed by atoms with Gasteiger partial charge < -0.3 is 10.6 Å². The molecule has 4 nitrogen and oxygen atoms in total. The fourth-order valence-corrected chi connectivity index (χ4v) is 2.11. The van der Waals surface area contributed by atoms with Gasteiger partial charge in [0.2, 0.25) is 0 Å². The highest BCUT2D eigenvalue weighted by Gasteiger charge is 2.10. The third-order valence-corrected chi connectivity index (χ3v) is 3.31. The summed E-state index contributed by atoms with van der Waals surface area (Å²) < 4.78 is 0. The van der Waals surface area contributed by atoms with Crippen LogP contribution in [0.3, 0.4) is 0 Å². The van der Waals surface area contributed by atoms with E-state index in [4.69, 9.17) is 0 Å². The fraction of sp³-hybridized carbons (Fsp3) is 0.538. The van der Waals surface area contributed by atoms with E-state index < -0.39 is 0 Å². The van der Waals surface area contributed by atoms with Crippen LogP contribution in [0.5, 0.6) is 0 Å². The quantitative estimate of drug-likeness (QED) is 0.744. The van der Waals surface area contributed by atoms with Gasteiger partial charge in [-0.25, -0.2) is 0 Å². The standard InChI is InChI=1S/C13H21N3OS/c1-10-8-12(14-2)11(9-16-10)13(17)15-6-4-5-7-18-3/h8-9H,4-7H2,1-3H3,(H,14,16)(H,15,17). The monoisotopic (exact) mass is 267 g/mol. The average Bonchev–Trinajstić information content (AvgIpc) is 2.38. The number of nitrogens with zero attached hydrogens (tertiary/aromatic N) is 1. The zero-order valence-electron chi connectivity index (χ0n) is 11.2. The molecule has 0 fully saturated rings. The molecular formula is C13H21N3OS. The fourth-order valence-electron chi connectivity index (χ4n) is 1.62. The van der Waals surface area contributed by atoms with E-state index in [1.807, 2.05) is 31.8 Å². The molecule has 0 aliphatic heterocycles. The van der Waals surface area contributed by atoms with Gasteiger partial charge in [-0.1, -0.05) is 0 Å². The third-order valence-electron chi connectivity index (χ3n) is 2.62. The minimum atomic E-state index is -0.0593. The van der Waals surface area contributed by atoms with Gasteiger partial charge in [-0.15, -0.1) is 0 Å². The normalized spacial score (nSPS) is 10.2. The minimum Gasteiger partial charge on any atom is -0.387 e. The summed E-state index contributed by atoms with van der Waals surface area (Å²) in [6.45, 7) is 2.63. The molecule has 1 amide bonds. The largest absolute Gasteiger partial charge is 0.387 e. The molecule has 0 saturated heterocycles. The Morgan fingerprint density at radius 1 is 1.44 bits per heavy atom. The van der Waals surface area contributed by atoms with Crippen molar-refractivity contribution in [2.24, 2.45) is 0 Å². The number of hydrogen-bond donors (Lipinski definition) is 2. The van der Waals surface area contributed by atoms with Gasteiger partial charge in [0.25, 0.3) is 5.91 Å². The first-order valence-corrected chi connectivity index (χ1v) is 7.50. The molecule has 5 heteroatoms. The molecule has 18 heavy (non-hydrogen) atoms. The molecule has 0 radical (unpaired) electrons. The number of rotatable bonds is 7. The zero-order valence-corrected chi connectivity index (χ0v) is 12.1. The maximum absolute atomic E-state index is 12.0. The van der Waals surface area contributed by atoms with Crippen molar-refractivity contribution in [1.82, 2.24) is 10.3 Å². The van der Waals surface area contributed by atoms with Crippen molar-refractivity contribution in [2.75, 3.05) is 30.9 Å². The summed E-state index contributed by atoms with van der Waals surface area (Å²) in [5.74, 6) is 1.08. The van der Waals surface area contributed by atoms with Crippen molar-refractivity contribution >= 4 is 23.4 Å². The highest BCUT2D eigenvalue weighted by molar-refractivity contribution is 7.98. The zero-order chi connectivity index (χ0) is 13.4. The lowest BCUT2D eigenvalue weighted by molar-refractivity contribution is 0.0953. The molecule has 0 saturated carbocycles. The second-order valence-corrected chi connectivity index (χ2v) is 5.06. The smallest absolute Gasteiger partial charge is 0.254 e. The highest BCUT2D eigenvalue weighted by atomic mass is 32.2. The van der Waals surface area contributed by atoms with Gasteiger partial charge in [0.1, 0.15) is 0 Å². The van der Waals surface area contributed by atoms with E-state index in [0.717, 1.165) is 36.5 Å². The molecule has 100 valence electrons. The van der Waals surface area contributed by atoms with Crippen LogP contribution in [0.2, 0.25) is 0 Å². The molecular weight excluding hydrogens is 246 g/mol. The van der Waals surface area contributed by atoms with E-state index in [1.165, 1.54) is 0 Å². The number of pyridine rings is 1. The maximum atomic E-state index is 12.0. The second-order valence-electron chi connectivity index (χ2n) is 4.08. The molecule has 1 aromatic heterocycles. The predicted molar refractivity (Wildman–Crippen MR) is 78.5 cm³/mol. The van der Waals surface area contributed by atoms with Gasteiger partial charge in [0.05, 0.1) is 11.3 Å². The summed E-state index contributed by atoms with van der Waals surface area (Å²) in [7, 11) is 1.81. The number of nitrogens with one attached hydrogen (secondary N) is 2. The number of aryl methyl sites for hydroxylation is 1. The van der Waals surface area contributed by atoms with E-state index in [0.29, 0.717) is 5.56 Å². The van der Waals surface area contributed by atoms with Gasteiger partial charge in [0.15, 0.2) is 0 Å². The molecule has 0 spiro atoms. The van der Waals surface area contributed by atoms with E-state index in [2.05, 4.69) is 21.9 Å². The molecule has 1 heterocycles. The highest BCUT2D eigenvalue weighted by Crippen LogP contribution is 2.14. The molecule has 1 aromatic rings. The van der Waals surface area contributed by atoms with Crippen LogP contribution in [0, 0.1) is 6.92 Å². The molecule has 0 aromatic carbocycles. The van der Waals surface area contributed by atoms with Crippen LogP contribution in [0.1, 0.15) is 28.9 Å². The molecule has 0 bridgehead atoms. The molecule has 0 atom stereocenters. The molecule has 0 aliphatic rings. The summed E-state index contributed by atoms with van der Waals surface area (Å²) in [4.78, 5) is 16.1. The molecule has 0 unspecified atom stereocenters. The number of unbranched alkanes of at least 4 members (excludes halogenated alkanes) is 1. The predicted octanol–water partition coefficient (Wildman–Crippen LogP) is 2.30. The van der Waals surface area contributed by atoms with E-state index in [1.54, 1.807) is 6.20 Å². The third kappa shape index (κ3) is 4.56. The van der Waals surface area contributed by atoms with Crippen molar-refractivity contribution < 1.29 is 4.79 Å². The summed E-state index contributed by atoms with van der Waals surface area (Å²) >= 11 is 1.83. The molecule has 1 rings (SSSR count). The van der Waals surface area contributed by atoms with Crippen LogP contribution in [0.25, 0.3) is 0 Å². The summed E-state index contributed by atoms with van der Waals surface area (Å²) in [5.41, 5.74) is 2.33. The second kappa shape index (κ2) is 7.97. The Labute approximate surface area is 113 Å². The summed E-state index contributed by atoms with van der Waals surface area (Å²) in [5, 5.41) is 5.95. The number of hydrogen-bond acceptors (Lipinski definition) is 4. The first-order valence-electron chi connectivity index (χ1n) is 6.10. The number of amides is 1. The molecule has 2 N–H and O–H groups in total. The van der Waals surface area contributed by atoms with Crippen LogP contribution < -0.4 is 10.6 Å². The van der Waals surface area contributed by atoms with Crippen LogP contribution in [-0.2, 0) is 0 Å². The van der Waals surface area contributed by atoms with Crippen LogP contribution >= 0.6 is 11.8 Å². The van der Waals surface area contributed by atoms with E-state index in [-0.39, 0.29) is 5.91 Å². The Hall–Kier alpha value is -1.23. The van der Waals surface area contributed by atoms with Gasteiger partial charge in [-0.2, -0.15) is 11.8 Å². The van der Waals surface area contributed by atoms with Crippen LogP contribution in [0.4, 0.5) is 5.69 Å². The van der Waals surface area contributed by atoms with Crippen LogP contribution in [-0.4, -0.2) is 36.5 Å². The Kier molecular flexibility index (Phi) is 6.57. The number of thioether (sulfide) groups is 1. The van der Waals surface area contributed by atoms with Crippen molar-refractivity contribution in [3.05, 3.63) is 23.5 Å². The van der Waals surface area contributed by atoms with Crippen molar-refractivity contribution in [1.29, 1.82) is 0 Å². The van der Waals surface area contributed by atoms with Crippen molar-refractivity contribution in [2.45, 2.75) is 19.8 Å². The summed E-state index contributed by atoms with van der Waals surface area (Å²) in [6.07, 6.45) is 5.86. The van der Waals surface area contributed by atoms with Crippen molar-refractivity contribution in [3.63, 3.8) is 0 Å². The first-order chi connectivity index (χ1) is 8.69. The Bertz CT molecular complexity index is 396. The lowest BCUT2D eigenvalue weighted by atomic mass is 10.2. The average molecular weight is 267 g/mol. The SMILES string of the molecule is CNc1cc(C)ncc1C(=O)NCCCCSC. The number of carbonyl (C=O) groups excluding carboxylic acids is 1. The van der Waals surface area contributed by atoms with Gasteiger partial charge in [-0.05, 0) is 37.8 Å². The Balaban J connectivity index is 2.51. The number of aromatic nitrogens is 1. The molecule has 0 aliphatic carbocycles. The van der Waals surface area contributed by atoms with Crippen molar-refractivity contribution in [3.8, 4) is 0 Å². The van der Waals surface area contributed by atoms with Gasteiger partial charge in [-0.3, -0.25) is 9.78 Å². The first kappa shape index (κ1) is 14.8. The lowest BCUT2D eigenvalue weighted by Crippen LogP contribution is -2.25. The maximum Gasteiger partial charge on any atom is 0.254 e. The van der Waals surface area contributed by atoms with E-state index in [9.17, 15) is 4.79 Å². The Morgan fingerprint density at radius 3 is 2.89 bits per heavy atom. The van der Waals surface area contributed by atoms with E-state index >= 15 is 0 Å². The summed E-state index contributed by atoms with van der Waals surface area (Å²) in [6, 6.07) is 1.88. The van der Waals surface area contributed by atoms with Crippen LogP contribution in [0.15, 0.2) is 12.3 Å². The lowest BCUT2D eigenvalue weighted by Gasteiger charge is -2.10. The topological polar surface area (TPSA) is 54.0 Å². The van der Waals surface area contributed by atoms with Gasteiger partial charge in [0, 0.05) is 25.5 Å². The number of anilines is 1. The minimum absolute atomic E-state index is 0.0593. The number of carbonyl (C=O) groups is 1. The Morgan fingerprint density at radius 2 is 2.22 bits per heavy atom. The van der Waals surface area contributed by atoms with Gasteiger partial charge >= 0.3 is 0 Å².